The van der Waals surface area contributed by atoms with E-state index in [-0.39, 0.29) is 28.8 Å². The molecule has 2 aliphatic rings. The zero-order valence-electron chi connectivity index (χ0n) is 28.3. The van der Waals surface area contributed by atoms with Gasteiger partial charge in [-0.2, -0.15) is 0 Å². The maximum atomic E-state index is 13.4. The highest BCUT2D eigenvalue weighted by Gasteiger charge is 2.41. The maximum absolute atomic E-state index is 13.4. The molecule has 7 nitrogen and oxygen atoms in total. The smallest absolute Gasteiger partial charge is 0.270 e. The van der Waals surface area contributed by atoms with Gasteiger partial charge in [-0.1, -0.05) is 64.8 Å². The number of hydrogen-bond donors (Lipinski definition) is 2. The first-order chi connectivity index (χ1) is 22.5. The maximum Gasteiger partial charge on any atom is 0.270 e. The fourth-order valence-electron chi connectivity index (χ4n) is 7.23. The van der Waals surface area contributed by atoms with Gasteiger partial charge in [-0.25, -0.2) is 4.39 Å². The summed E-state index contributed by atoms with van der Waals surface area (Å²) < 4.78 is 15.6. The standard InChI is InChI=1S/C25H28FN3O2.C14H19NO/c1-5-21-22(16(2)30)19-14-28(24(31)20-7-6-12-27-20)15-25(3,4)23(19)29(21)13-17-8-10-18(26)11-9-17;1-2-11-6-5-7-12(10-11)14(16)15-13-8-3-4-9-13/h6-12,27H,5,13-15H2,1-4H3;5-7,10,13H,2-4,8-9H2,1H3,(H,15,16). The van der Waals surface area contributed by atoms with E-state index in [0.717, 1.165) is 52.9 Å². The van der Waals surface area contributed by atoms with Crippen molar-refractivity contribution in [3.63, 3.8) is 0 Å². The first-order valence-corrected chi connectivity index (χ1v) is 16.8. The molecule has 2 amide bonds. The molecule has 0 atom stereocenters. The number of ketones is 1. The highest BCUT2D eigenvalue weighted by atomic mass is 19.1. The molecule has 1 saturated carbocycles. The summed E-state index contributed by atoms with van der Waals surface area (Å²) in [5, 5.41) is 3.11. The predicted octanol–water partition coefficient (Wildman–Crippen LogP) is 7.62. The van der Waals surface area contributed by atoms with Crippen LogP contribution in [0.1, 0.15) is 120 Å². The number of carbonyl (C=O) groups is 3. The van der Waals surface area contributed by atoms with Gasteiger partial charge in [0.25, 0.3) is 11.8 Å². The van der Waals surface area contributed by atoms with Crippen LogP contribution in [-0.2, 0) is 31.3 Å². The zero-order valence-corrected chi connectivity index (χ0v) is 28.3. The Kier molecular flexibility index (Phi) is 10.5. The van der Waals surface area contributed by atoms with Crippen molar-refractivity contribution in [3.05, 3.63) is 118 Å². The van der Waals surface area contributed by atoms with Gasteiger partial charge in [-0.15, -0.1) is 0 Å². The molecule has 248 valence electrons. The lowest BCUT2D eigenvalue weighted by molar-refractivity contribution is 0.0674. The highest BCUT2D eigenvalue weighted by molar-refractivity contribution is 5.98. The average molecular weight is 639 g/mol. The van der Waals surface area contributed by atoms with E-state index in [4.69, 9.17) is 0 Å². The molecule has 1 aliphatic carbocycles. The minimum Gasteiger partial charge on any atom is -0.357 e. The number of H-pyrrole nitrogens is 1. The van der Waals surface area contributed by atoms with Crippen LogP contribution in [0.15, 0.2) is 66.9 Å². The normalized spacial score (nSPS) is 15.5. The Bertz CT molecular complexity index is 1710. The third kappa shape index (κ3) is 7.58. The highest BCUT2D eigenvalue weighted by Crippen LogP contribution is 2.40. The third-order valence-corrected chi connectivity index (χ3v) is 9.39. The fourth-order valence-corrected chi connectivity index (χ4v) is 7.23. The van der Waals surface area contributed by atoms with Crippen molar-refractivity contribution in [1.82, 2.24) is 19.8 Å². The number of aryl methyl sites for hydroxylation is 1. The summed E-state index contributed by atoms with van der Waals surface area (Å²) in [4.78, 5) is 42.6. The van der Waals surface area contributed by atoms with Crippen LogP contribution in [0.5, 0.6) is 0 Å². The van der Waals surface area contributed by atoms with Crippen molar-refractivity contribution in [2.75, 3.05) is 6.54 Å². The summed E-state index contributed by atoms with van der Waals surface area (Å²) >= 11 is 0. The molecule has 0 bridgehead atoms. The SMILES string of the molecule is CCc1c(C(C)=O)c2c(n1Cc1ccc(F)cc1)C(C)(C)CN(C(=O)c1ccc[nH]1)C2.CCc1cccc(C(=O)NC2CCCC2)c1. The second kappa shape index (κ2) is 14.5. The van der Waals surface area contributed by atoms with Crippen molar-refractivity contribution in [2.24, 2.45) is 0 Å². The number of Topliss-reactive ketones (excluding diaryl/α,β-unsaturated/α-hetero) is 1. The van der Waals surface area contributed by atoms with Crippen LogP contribution < -0.4 is 5.32 Å². The second-order valence-corrected chi connectivity index (χ2v) is 13.4. The average Bonchev–Trinajstić information content (AvgIpc) is 3.83. The van der Waals surface area contributed by atoms with Crippen molar-refractivity contribution in [1.29, 1.82) is 0 Å². The van der Waals surface area contributed by atoms with Crippen molar-refractivity contribution < 1.29 is 18.8 Å². The Morgan fingerprint density at radius 3 is 2.30 bits per heavy atom. The van der Waals surface area contributed by atoms with Crippen molar-refractivity contribution >= 4 is 17.6 Å². The number of nitrogens with one attached hydrogen (secondary N) is 2. The Labute approximate surface area is 277 Å². The van der Waals surface area contributed by atoms with Gasteiger partial charge in [0.05, 0.1) is 0 Å². The molecule has 0 spiro atoms. The number of hydrogen-bond acceptors (Lipinski definition) is 3. The molecule has 0 saturated heterocycles. The molecular formula is C39H47FN4O3. The molecule has 4 aromatic rings. The molecule has 47 heavy (non-hydrogen) atoms. The van der Waals surface area contributed by atoms with Crippen molar-refractivity contribution in [2.45, 2.75) is 97.7 Å². The Hall–Kier alpha value is -4.46. The number of nitrogens with zero attached hydrogens (tertiary/aromatic N) is 2. The molecule has 2 aromatic carbocycles. The van der Waals surface area contributed by atoms with Crippen LogP contribution in [-0.4, -0.2) is 44.6 Å². The molecule has 0 unspecified atom stereocenters. The first-order valence-electron chi connectivity index (χ1n) is 16.8. The Morgan fingerprint density at radius 2 is 1.68 bits per heavy atom. The molecule has 1 fully saturated rings. The van der Waals surface area contributed by atoms with Crippen LogP contribution in [0, 0.1) is 5.82 Å². The molecule has 0 radical (unpaired) electrons. The number of aromatic nitrogens is 2. The lowest BCUT2D eigenvalue weighted by atomic mass is 9.81. The van der Waals surface area contributed by atoms with Crippen LogP contribution in [0.25, 0.3) is 0 Å². The number of amides is 2. The largest absolute Gasteiger partial charge is 0.357 e. The molecule has 3 heterocycles. The van der Waals surface area contributed by atoms with E-state index in [2.05, 4.69) is 41.7 Å². The molecule has 2 N–H and O–H groups in total. The van der Waals surface area contributed by atoms with Gasteiger partial charge in [0.15, 0.2) is 5.78 Å². The molecular weight excluding hydrogens is 591 g/mol. The van der Waals surface area contributed by atoms with E-state index in [9.17, 15) is 18.8 Å². The summed E-state index contributed by atoms with van der Waals surface area (Å²) in [6.07, 6.45) is 8.19. The van der Waals surface area contributed by atoms with Gasteiger partial charge in [0.1, 0.15) is 11.5 Å². The summed E-state index contributed by atoms with van der Waals surface area (Å²) in [5.41, 5.74) is 6.91. The first kappa shape index (κ1) is 33.9. The number of benzene rings is 2. The molecule has 1 aliphatic heterocycles. The third-order valence-electron chi connectivity index (χ3n) is 9.39. The van der Waals surface area contributed by atoms with Gasteiger partial charge in [-0.05, 0) is 80.1 Å². The number of halogens is 1. The van der Waals surface area contributed by atoms with E-state index < -0.39 is 0 Å². The van der Waals surface area contributed by atoms with E-state index >= 15 is 0 Å². The van der Waals surface area contributed by atoms with Gasteiger partial charge < -0.3 is 19.8 Å². The summed E-state index contributed by atoms with van der Waals surface area (Å²) in [6, 6.07) is 18.4. The minimum atomic E-state index is -0.354. The fraction of sp³-hybridized carbons (Fsp3) is 0.410. The number of aromatic amines is 1. The lowest BCUT2D eigenvalue weighted by Gasteiger charge is -2.39. The van der Waals surface area contributed by atoms with Gasteiger partial charge in [-0.3, -0.25) is 14.4 Å². The van der Waals surface area contributed by atoms with Gasteiger partial charge >= 0.3 is 0 Å². The van der Waals surface area contributed by atoms with Crippen LogP contribution in [0.3, 0.4) is 0 Å². The Morgan fingerprint density at radius 1 is 0.957 bits per heavy atom. The van der Waals surface area contributed by atoms with Crippen LogP contribution >= 0.6 is 0 Å². The van der Waals surface area contributed by atoms with Crippen molar-refractivity contribution in [3.8, 4) is 0 Å². The van der Waals surface area contributed by atoms with E-state index in [0.29, 0.717) is 37.8 Å². The predicted molar refractivity (Wildman–Crippen MR) is 183 cm³/mol. The number of rotatable bonds is 8. The summed E-state index contributed by atoms with van der Waals surface area (Å²) in [5.74, 6) is -0.238. The molecule has 6 rings (SSSR count). The van der Waals surface area contributed by atoms with Gasteiger partial charge in [0, 0.05) is 65.4 Å². The summed E-state index contributed by atoms with van der Waals surface area (Å²) in [6.45, 7) is 11.5. The van der Waals surface area contributed by atoms with E-state index in [1.165, 1.54) is 30.5 Å². The lowest BCUT2D eigenvalue weighted by Crippen LogP contribution is -2.46. The monoisotopic (exact) mass is 638 g/mol. The van der Waals surface area contributed by atoms with Gasteiger partial charge in [0.2, 0.25) is 0 Å². The van der Waals surface area contributed by atoms with E-state index in [1.54, 1.807) is 31.3 Å². The quantitative estimate of drug-likeness (QED) is 0.195. The van der Waals surface area contributed by atoms with E-state index in [1.807, 2.05) is 36.1 Å². The van der Waals surface area contributed by atoms with Crippen LogP contribution in [0.4, 0.5) is 4.39 Å². The number of fused-ring (bicyclic) bond motifs is 1. The Balaban J connectivity index is 0.000000227. The van der Waals surface area contributed by atoms with Crippen LogP contribution in [0.2, 0.25) is 0 Å². The minimum absolute atomic E-state index is 0.0101. The summed E-state index contributed by atoms with van der Waals surface area (Å²) in [7, 11) is 0. The second-order valence-electron chi connectivity index (χ2n) is 13.4. The topological polar surface area (TPSA) is 87.2 Å². The molecule has 8 heteroatoms. The number of carbonyl (C=O) groups excluding carboxylic acids is 3. The zero-order chi connectivity index (χ0) is 33.7. The molecule has 2 aromatic heterocycles.